The van der Waals surface area contributed by atoms with Crippen molar-refractivity contribution < 1.29 is 14.2 Å². The van der Waals surface area contributed by atoms with Crippen LogP contribution in [0.4, 0.5) is 0 Å². The predicted octanol–water partition coefficient (Wildman–Crippen LogP) is 3.11. The normalized spacial score (nSPS) is 16.2. The number of methoxy groups -OCH3 is 3. The first kappa shape index (κ1) is 18.0. The molecule has 2 aromatic carbocycles. The van der Waals surface area contributed by atoms with Crippen LogP contribution in [-0.4, -0.2) is 37.2 Å². The van der Waals surface area contributed by atoms with E-state index in [1.165, 1.54) is 0 Å². The maximum absolute atomic E-state index is 5.93. The third kappa shape index (κ3) is 3.30. The van der Waals surface area contributed by atoms with E-state index in [2.05, 4.69) is 5.10 Å². The molecule has 0 saturated carbocycles. The molecule has 0 spiro atoms. The Morgan fingerprint density at radius 3 is 2.19 bits per heavy atom. The average molecular weight is 371 g/mol. The van der Waals surface area contributed by atoms with E-state index in [4.69, 9.17) is 32.2 Å². The summed E-state index contributed by atoms with van der Waals surface area (Å²) in [4.78, 5) is 0. The van der Waals surface area contributed by atoms with Crippen molar-refractivity contribution in [2.24, 2.45) is 10.8 Å². The van der Waals surface area contributed by atoms with Crippen molar-refractivity contribution in [3.05, 3.63) is 53.6 Å². The summed E-state index contributed by atoms with van der Waals surface area (Å²) in [5, 5.41) is 6.52. The Hall–Kier alpha value is -2.80. The summed E-state index contributed by atoms with van der Waals surface area (Å²) in [6.07, 6.45) is 0.667. The van der Waals surface area contributed by atoms with Gasteiger partial charge in [0.25, 0.3) is 0 Å². The molecular formula is C19H21N3O3S. The van der Waals surface area contributed by atoms with Gasteiger partial charge in [-0.2, -0.15) is 5.10 Å². The highest BCUT2D eigenvalue weighted by atomic mass is 32.1. The summed E-state index contributed by atoms with van der Waals surface area (Å²) >= 11 is 5.22. The van der Waals surface area contributed by atoms with Crippen LogP contribution in [0.1, 0.15) is 23.6 Å². The Morgan fingerprint density at radius 2 is 1.69 bits per heavy atom. The molecule has 6 nitrogen and oxygen atoms in total. The van der Waals surface area contributed by atoms with Crippen LogP contribution in [0.25, 0.3) is 0 Å². The number of ether oxygens (including phenoxy) is 3. The van der Waals surface area contributed by atoms with Gasteiger partial charge in [-0.15, -0.1) is 0 Å². The van der Waals surface area contributed by atoms with Crippen molar-refractivity contribution in [2.45, 2.75) is 12.5 Å². The van der Waals surface area contributed by atoms with E-state index in [1.807, 2.05) is 42.5 Å². The van der Waals surface area contributed by atoms with Gasteiger partial charge in [0, 0.05) is 6.42 Å². The molecule has 7 heteroatoms. The van der Waals surface area contributed by atoms with Gasteiger partial charge < -0.3 is 19.9 Å². The molecule has 0 aromatic heterocycles. The van der Waals surface area contributed by atoms with E-state index in [1.54, 1.807) is 26.3 Å². The molecule has 1 aliphatic heterocycles. The van der Waals surface area contributed by atoms with Crippen molar-refractivity contribution >= 4 is 23.0 Å². The maximum atomic E-state index is 5.93. The van der Waals surface area contributed by atoms with Crippen LogP contribution >= 0.6 is 12.2 Å². The molecule has 0 saturated heterocycles. The summed E-state index contributed by atoms with van der Waals surface area (Å²) in [6.45, 7) is 0. The Labute approximate surface area is 158 Å². The first-order chi connectivity index (χ1) is 12.6. The Morgan fingerprint density at radius 1 is 1.08 bits per heavy atom. The minimum absolute atomic E-state index is 0.142. The van der Waals surface area contributed by atoms with Crippen LogP contribution in [0.3, 0.4) is 0 Å². The van der Waals surface area contributed by atoms with Crippen molar-refractivity contribution in [3.8, 4) is 17.2 Å². The second-order valence-corrected chi connectivity index (χ2v) is 6.19. The fraction of sp³-hybridized carbons (Fsp3) is 0.263. The quantitative estimate of drug-likeness (QED) is 0.815. The van der Waals surface area contributed by atoms with Gasteiger partial charge in [0.15, 0.2) is 16.6 Å². The highest BCUT2D eigenvalue weighted by Crippen LogP contribution is 2.42. The first-order valence-electron chi connectivity index (χ1n) is 8.10. The van der Waals surface area contributed by atoms with E-state index in [0.717, 1.165) is 16.8 Å². The van der Waals surface area contributed by atoms with Gasteiger partial charge >= 0.3 is 0 Å². The largest absolute Gasteiger partial charge is 0.493 e. The molecule has 1 heterocycles. The lowest BCUT2D eigenvalue weighted by Crippen LogP contribution is -2.31. The molecule has 2 N–H and O–H groups in total. The molecule has 3 rings (SSSR count). The first-order valence-corrected chi connectivity index (χ1v) is 8.51. The minimum Gasteiger partial charge on any atom is -0.493 e. The van der Waals surface area contributed by atoms with E-state index in [0.29, 0.717) is 23.7 Å². The van der Waals surface area contributed by atoms with E-state index < -0.39 is 0 Å². The smallest absolute Gasteiger partial charge is 0.203 e. The van der Waals surface area contributed by atoms with Crippen molar-refractivity contribution in [1.29, 1.82) is 0 Å². The molecule has 1 atom stereocenters. The fourth-order valence-corrected chi connectivity index (χ4v) is 3.24. The molecule has 136 valence electrons. The van der Waals surface area contributed by atoms with Crippen LogP contribution in [0.5, 0.6) is 17.2 Å². The lowest BCUT2D eigenvalue weighted by atomic mass is 9.98. The van der Waals surface area contributed by atoms with Gasteiger partial charge in [-0.3, -0.25) is 0 Å². The van der Waals surface area contributed by atoms with Crippen LogP contribution in [0.2, 0.25) is 0 Å². The number of thiocarbonyl (C=S) groups is 1. The molecule has 1 unspecified atom stereocenters. The van der Waals surface area contributed by atoms with Gasteiger partial charge in [-0.25, -0.2) is 5.01 Å². The predicted molar refractivity (Wildman–Crippen MR) is 105 cm³/mol. The summed E-state index contributed by atoms with van der Waals surface area (Å²) < 4.78 is 16.3. The van der Waals surface area contributed by atoms with Gasteiger partial charge in [-0.1, -0.05) is 30.3 Å². The number of hydrogen-bond acceptors (Lipinski definition) is 5. The summed E-state index contributed by atoms with van der Waals surface area (Å²) in [7, 11) is 4.76. The highest BCUT2D eigenvalue weighted by Gasteiger charge is 2.32. The molecule has 2 aromatic rings. The number of hydrogen-bond donors (Lipinski definition) is 1. The summed E-state index contributed by atoms with van der Waals surface area (Å²) in [5.74, 6) is 1.71. The number of benzene rings is 2. The molecule has 26 heavy (non-hydrogen) atoms. The third-order valence-corrected chi connectivity index (χ3v) is 4.50. The van der Waals surface area contributed by atoms with Crippen LogP contribution in [0, 0.1) is 0 Å². The molecular weight excluding hydrogens is 350 g/mol. The topological polar surface area (TPSA) is 69.3 Å². The van der Waals surface area contributed by atoms with E-state index in [-0.39, 0.29) is 11.2 Å². The van der Waals surface area contributed by atoms with Gasteiger partial charge in [0.1, 0.15) is 0 Å². The lowest BCUT2D eigenvalue weighted by Gasteiger charge is -2.23. The van der Waals surface area contributed by atoms with Gasteiger partial charge in [0.05, 0.1) is 33.1 Å². The van der Waals surface area contributed by atoms with Crippen molar-refractivity contribution in [2.75, 3.05) is 21.3 Å². The minimum atomic E-state index is -0.142. The molecule has 0 bridgehead atoms. The maximum Gasteiger partial charge on any atom is 0.203 e. The fourth-order valence-electron chi connectivity index (χ4n) is 3.07. The second kappa shape index (κ2) is 7.61. The third-order valence-electron chi connectivity index (χ3n) is 4.32. The number of nitrogens with two attached hydrogens (primary N) is 1. The van der Waals surface area contributed by atoms with Crippen molar-refractivity contribution in [1.82, 2.24) is 5.01 Å². The highest BCUT2D eigenvalue weighted by molar-refractivity contribution is 7.80. The molecule has 0 radical (unpaired) electrons. The van der Waals surface area contributed by atoms with Crippen molar-refractivity contribution in [3.63, 3.8) is 0 Å². The second-order valence-electron chi connectivity index (χ2n) is 5.77. The zero-order valence-electron chi connectivity index (χ0n) is 14.9. The molecule has 0 aliphatic carbocycles. The summed E-state index contributed by atoms with van der Waals surface area (Å²) in [6, 6.07) is 13.6. The Bertz CT molecular complexity index is 814. The number of nitrogens with zero attached hydrogens (tertiary/aromatic N) is 2. The summed E-state index contributed by atoms with van der Waals surface area (Å²) in [5.41, 5.74) is 8.83. The van der Waals surface area contributed by atoms with Crippen LogP contribution < -0.4 is 19.9 Å². The number of rotatable bonds is 5. The monoisotopic (exact) mass is 371 g/mol. The zero-order chi connectivity index (χ0) is 18.7. The molecule has 0 fully saturated rings. The van der Waals surface area contributed by atoms with E-state index >= 15 is 0 Å². The standard InChI is InChI=1S/C19H21N3O3S/c1-23-16-9-13(10-17(24-2)18(16)25-3)15-11-14(21-22(15)19(20)26)12-7-5-4-6-8-12/h4-10,15H,11H2,1-3H3,(H2,20,26). The van der Waals surface area contributed by atoms with Gasteiger partial charge in [-0.05, 0) is 35.5 Å². The Kier molecular flexibility index (Phi) is 5.27. The van der Waals surface area contributed by atoms with Crippen LogP contribution in [-0.2, 0) is 0 Å². The Balaban J connectivity index is 2.02. The lowest BCUT2D eigenvalue weighted by molar-refractivity contribution is 0.319. The average Bonchev–Trinajstić information content (AvgIpc) is 3.13. The van der Waals surface area contributed by atoms with Crippen LogP contribution in [0.15, 0.2) is 47.6 Å². The van der Waals surface area contributed by atoms with E-state index in [9.17, 15) is 0 Å². The molecule has 0 amide bonds. The number of hydrazone groups is 1. The SMILES string of the molecule is COc1cc(C2CC(c3ccccc3)=NN2C(N)=S)cc(OC)c1OC. The zero-order valence-corrected chi connectivity index (χ0v) is 15.7. The molecule has 1 aliphatic rings. The van der Waals surface area contributed by atoms with Gasteiger partial charge in [0.2, 0.25) is 5.75 Å².